The molecule has 1 saturated heterocycles. The van der Waals surface area contributed by atoms with Crippen LogP contribution in [0.3, 0.4) is 0 Å². The molecule has 0 amide bonds. The number of ether oxygens (including phenoxy) is 2. The van der Waals surface area contributed by atoms with Gasteiger partial charge in [0.05, 0.1) is 11.3 Å². The molecule has 1 aromatic heterocycles. The summed E-state index contributed by atoms with van der Waals surface area (Å²) in [5.74, 6) is 0.959. The molecule has 9 heteroatoms. The molecule has 4 rings (SSSR count). The predicted molar refractivity (Wildman–Crippen MR) is 107 cm³/mol. The van der Waals surface area contributed by atoms with Crippen molar-refractivity contribution in [3.05, 3.63) is 34.9 Å². The van der Waals surface area contributed by atoms with Crippen LogP contribution in [0.15, 0.2) is 18.2 Å². The van der Waals surface area contributed by atoms with E-state index in [9.17, 15) is 13.2 Å². The van der Waals surface area contributed by atoms with Gasteiger partial charge in [-0.1, -0.05) is 0 Å². The van der Waals surface area contributed by atoms with Gasteiger partial charge in [-0.3, -0.25) is 0 Å². The van der Waals surface area contributed by atoms with E-state index >= 15 is 0 Å². The highest BCUT2D eigenvalue weighted by Crippen LogP contribution is 2.40. The number of hydrogen-bond donors (Lipinski definition) is 1. The Morgan fingerprint density at radius 2 is 2.07 bits per heavy atom. The van der Waals surface area contributed by atoms with Crippen molar-refractivity contribution in [1.29, 1.82) is 0 Å². The number of aromatic nitrogens is 2. The van der Waals surface area contributed by atoms with Gasteiger partial charge >= 0.3 is 6.18 Å². The zero-order valence-electron chi connectivity index (χ0n) is 17.1. The molecule has 0 spiro atoms. The molecule has 2 aromatic rings. The second-order valence-corrected chi connectivity index (χ2v) is 7.74. The molecule has 2 aliphatic rings. The van der Waals surface area contributed by atoms with Crippen molar-refractivity contribution in [2.24, 2.45) is 0 Å². The summed E-state index contributed by atoms with van der Waals surface area (Å²) in [4.78, 5) is 2.29. The number of fused-ring (bicyclic) bond motifs is 1. The van der Waals surface area contributed by atoms with Gasteiger partial charge in [0.15, 0.2) is 12.6 Å². The average molecular weight is 422 g/mol. The second kappa shape index (κ2) is 8.39. The molecule has 6 nitrogen and oxygen atoms in total. The number of nitrogens with one attached hydrogen (secondary N) is 1. The number of halogens is 3. The highest BCUT2D eigenvalue weighted by Gasteiger charge is 2.33. The Balaban J connectivity index is 1.70. The lowest BCUT2D eigenvalue weighted by Crippen LogP contribution is -2.45. The van der Waals surface area contributed by atoms with E-state index in [2.05, 4.69) is 20.4 Å². The van der Waals surface area contributed by atoms with Crippen LogP contribution in [0.5, 0.6) is 5.75 Å². The topological polar surface area (TPSA) is 59.5 Å². The summed E-state index contributed by atoms with van der Waals surface area (Å²) < 4.78 is 50.2. The minimum atomic E-state index is -4.47. The minimum absolute atomic E-state index is 0.0877. The fourth-order valence-electron chi connectivity index (χ4n) is 4.26. The molecule has 0 saturated carbocycles. The van der Waals surface area contributed by atoms with E-state index in [0.717, 1.165) is 62.4 Å². The summed E-state index contributed by atoms with van der Waals surface area (Å²) in [6.07, 6.45) is -1.38. The highest BCUT2D eigenvalue weighted by molar-refractivity contribution is 5.73. The summed E-state index contributed by atoms with van der Waals surface area (Å²) in [5.41, 5.74) is 1.74. The number of methoxy groups -OCH3 is 1. The molecule has 0 aliphatic carbocycles. The van der Waals surface area contributed by atoms with Crippen molar-refractivity contribution in [3.63, 3.8) is 0 Å². The molecule has 0 radical (unpaired) electrons. The van der Waals surface area contributed by atoms with Gasteiger partial charge in [0.25, 0.3) is 0 Å². The number of nitrogens with zero attached hydrogens (tertiary/aromatic N) is 3. The van der Waals surface area contributed by atoms with Crippen LogP contribution in [-0.2, 0) is 17.3 Å². The third-order valence-corrected chi connectivity index (χ3v) is 5.67. The summed E-state index contributed by atoms with van der Waals surface area (Å²) >= 11 is 0. The van der Waals surface area contributed by atoms with Crippen LogP contribution < -0.4 is 15.0 Å². The first-order valence-electron chi connectivity index (χ1n) is 10.1. The van der Waals surface area contributed by atoms with Crippen LogP contribution in [0, 0.1) is 6.92 Å². The zero-order valence-corrected chi connectivity index (χ0v) is 17.1. The Labute approximate surface area is 173 Å². The maximum atomic E-state index is 13.3. The van der Waals surface area contributed by atoms with Gasteiger partial charge in [-0.2, -0.15) is 13.2 Å². The number of aryl methyl sites for hydroxylation is 1. The van der Waals surface area contributed by atoms with Gasteiger partial charge in [0, 0.05) is 37.4 Å². The Hall–Kier alpha value is -2.39. The van der Waals surface area contributed by atoms with Crippen molar-refractivity contribution in [1.82, 2.24) is 15.5 Å². The zero-order chi connectivity index (χ0) is 21.3. The van der Waals surface area contributed by atoms with Crippen LogP contribution in [0.4, 0.5) is 19.0 Å². The largest absolute Gasteiger partial charge is 0.467 e. The van der Waals surface area contributed by atoms with E-state index in [1.54, 1.807) is 6.92 Å². The number of alkyl halides is 3. The molecule has 2 aliphatic heterocycles. The van der Waals surface area contributed by atoms with E-state index in [4.69, 9.17) is 9.47 Å². The van der Waals surface area contributed by atoms with E-state index in [1.807, 2.05) is 6.07 Å². The van der Waals surface area contributed by atoms with Crippen molar-refractivity contribution in [3.8, 4) is 17.0 Å². The predicted octanol–water partition coefficient (Wildman–Crippen LogP) is 3.57. The molecular formula is C21H25F3N4O2. The lowest BCUT2D eigenvalue weighted by atomic mass is 9.99. The quantitative estimate of drug-likeness (QED) is 0.744. The number of piperidine rings is 1. The van der Waals surface area contributed by atoms with Crippen LogP contribution in [0.25, 0.3) is 11.3 Å². The molecule has 1 fully saturated rings. The smallest absolute Gasteiger partial charge is 0.416 e. The summed E-state index contributed by atoms with van der Waals surface area (Å²) in [6, 6.07) is 4.43. The van der Waals surface area contributed by atoms with Gasteiger partial charge in [-0.25, -0.2) is 0 Å². The van der Waals surface area contributed by atoms with Crippen molar-refractivity contribution in [2.75, 3.05) is 38.4 Å². The van der Waals surface area contributed by atoms with Crippen LogP contribution in [0.1, 0.15) is 29.5 Å². The maximum absolute atomic E-state index is 13.3. The maximum Gasteiger partial charge on any atom is 0.416 e. The molecule has 1 atom stereocenters. The number of hydrogen-bond acceptors (Lipinski definition) is 6. The third-order valence-electron chi connectivity index (χ3n) is 5.67. The SMILES string of the molecule is COCOc1cc(C(F)(F)F)cc(C)c1-c1cc2c(nn1)N([C@@H]1CCCNC1)CC2. The molecule has 30 heavy (non-hydrogen) atoms. The molecule has 0 bridgehead atoms. The Kier molecular flexibility index (Phi) is 5.84. The van der Waals surface area contributed by atoms with Gasteiger partial charge < -0.3 is 19.7 Å². The fraction of sp³-hybridized carbons (Fsp3) is 0.524. The Morgan fingerprint density at radius 3 is 2.77 bits per heavy atom. The highest BCUT2D eigenvalue weighted by atomic mass is 19.4. The second-order valence-electron chi connectivity index (χ2n) is 7.74. The van der Waals surface area contributed by atoms with E-state index < -0.39 is 11.7 Å². The van der Waals surface area contributed by atoms with E-state index in [-0.39, 0.29) is 12.5 Å². The van der Waals surface area contributed by atoms with Gasteiger partial charge in [-0.05, 0) is 56.5 Å². The number of benzene rings is 1. The normalized spacial score (nSPS) is 19.1. The molecule has 162 valence electrons. The molecule has 1 aromatic carbocycles. The summed E-state index contributed by atoms with van der Waals surface area (Å²) in [7, 11) is 1.42. The number of rotatable bonds is 5. The average Bonchev–Trinajstić information content (AvgIpc) is 3.15. The van der Waals surface area contributed by atoms with Crippen LogP contribution >= 0.6 is 0 Å². The van der Waals surface area contributed by atoms with Gasteiger partial charge in [0.1, 0.15) is 5.75 Å². The third kappa shape index (κ3) is 4.09. The van der Waals surface area contributed by atoms with Gasteiger partial charge in [-0.15, -0.1) is 10.2 Å². The van der Waals surface area contributed by atoms with Crippen molar-refractivity contribution in [2.45, 2.75) is 38.4 Å². The standard InChI is InChI=1S/C21H25F3N4O2/c1-13-8-15(21(22,23)24)10-18(30-12-29-2)19(13)17-9-14-5-7-28(20(14)27-26-17)16-4-3-6-25-11-16/h8-10,16,25H,3-7,11-12H2,1-2H3/t16-/m1/s1. The first kappa shape index (κ1) is 20.9. The molecule has 0 unspecified atom stereocenters. The number of anilines is 1. The lowest BCUT2D eigenvalue weighted by molar-refractivity contribution is -0.137. The molecule has 3 heterocycles. The van der Waals surface area contributed by atoms with Crippen molar-refractivity contribution < 1.29 is 22.6 Å². The van der Waals surface area contributed by atoms with E-state index in [0.29, 0.717) is 22.9 Å². The monoisotopic (exact) mass is 422 g/mol. The Morgan fingerprint density at radius 1 is 1.23 bits per heavy atom. The summed E-state index contributed by atoms with van der Waals surface area (Å²) in [5, 5.41) is 12.3. The first-order valence-corrected chi connectivity index (χ1v) is 10.1. The van der Waals surface area contributed by atoms with Crippen molar-refractivity contribution >= 4 is 5.82 Å². The van der Waals surface area contributed by atoms with Crippen LogP contribution in [0.2, 0.25) is 0 Å². The van der Waals surface area contributed by atoms with E-state index in [1.165, 1.54) is 7.11 Å². The van der Waals surface area contributed by atoms with Crippen LogP contribution in [-0.4, -0.2) is 49.8 Å². The molecular weight excluding hydrogens is 397 g/mol. The minimum Gasteiger partial charge on any atom is -0.467 e. The first-order chi connectivity index (χ1) is 14.4. The van der Waals surface area contributed by atoms with Gasteiger partial charge in [0.2, 0.25) is 0 Å². The molecule has 1 N–H and O–H groups in total. The lowest BCUT2D eigenvalue weighted by Gasteiger charge is -2.32. The fourth-order valence-corrected chi connectivity index (χ4v) is 4.26. The Bertz CT molecular complexity index is 914. The summed E-state index contributed by atoms with van der Waals surface area (Å²) in [6.45, 7) is 4.31.